The maximum Gasteiger partial charge on any atom is 0.320 e. The van der Waals surface area contributed by atoms with Gasteiger partial charge in [0.25, 0.3) is 0 Å². The number of ether oxygens (including phenoxy) is 3. The lowest BCUT2D eigenvalue weighted by Gasteiger charge is -2.35. The van der Waals surface area contributed by atoms with Crippen molar-refractivity contribution in [2.75, 3.05) is 91.6 Å². The van der Waals surface area contributed by atoms with E-state index < -0.39 is 22.9 Å². The van der Waals surface area contributed by atoms with Gasteiger partial charge in [-0.15, -0.1) is 0 Å². The quantitative estimate of drug-likeness (QED) is 0.179. The van der Waals surface area contributed by atoms with Gasteiger partial charge in [-0.25, -0.2) is 0 Å². The van der Waals surface area contributed by atoms with Gasteiger partial charge in [0.15, 0.2) is 0 Å². The smallest absolute Gasteiger partial charge is 0.320 e. The van der Waals surface area contributed by atoms with Crippen molar-refractivity contribution >= 4 is 17.9 Å². The van der Waals surface area contributed by atoms with Crippen LogP contribution in [0.5, 0.6) is 0 Å². The molecule has 12 heteroatoms. The van der Waals surface area contributed by atoms with Crippen molar-refractivity contribution in [1.82, 2.24) is 24.9 Å². The number of rotatable bonds is 13. The summed E-state index contributed by atoms with van der Waals surface area (Å²) in [5.74, 6) is -0.943. The number of carbonyl (C=O) groups excluding carboxylic acids is 3. The number of benzene rings is 1. The first-order valence-corrected chi connectivity index (χ1v) is 17.7. The SMILES string of the molecule is CC(C)(C)OC(=O)CN1CCN(CC(=O)OC(C)(C)C)CCN(CC(O)CNCCc2ccccc2)CCN(CC(=O)OC(C)(C)C)CC1. The number of hydrogen-bond donors (Lipinski definition) is 2. The molecule has 0 bridgehead atoms. The summed E-state index contributed by atoms with van der Waals surface area (Å²) in [6, 6.07) is 10.2. The van der Waals surface area contributed by atoms with E-state index in [1.165, 1.54) is 5.56 Å². The van der Waals surface area contributed by atoms with Crippen LogP contribution < -0.4 is 5.32 Å². The minimum absolute atomic E-state index is 0.0907. The first-order chi connectivity index (χ1) is 22.8. The van der Waals surface area contributed by atoms with Crippen molar-refractivity contribution in [1.29, 1.82) is 0 Å². The minimum Gasteiger partial charge on any atom is -0.459 e. The Morgan fingerprint density at radius 1 is 0.633 bits per heavy atom. The van der Waals surface area contributed by atoms with Gasteiger partial charge in [-0.3, -0.25) is 34.0 Å². The molecule has 280 valence electrons. The Morgan fingerprint density at radius 2 is 0.980 bits per heavy atom. The van der Waals surface area contributed by atoms with Gasteiger partial charge in [0, 0.05) is 65.4 Å². The fraction of sp³-hybridized carbons (Fsp3) is 0.757. The minimum atomic E-state index is -0.611. The van der Waals surface area contributed by atoms with Gasteiger partial charge in [-0.05, 0) is 80.8 Å². The average Bonchev–Trinajstić information content (AvgIpc) is 2.94. The summed E-state index contributed by atoms with van der Waals surface area (Å²) in [6.07, 6.45) is 0.271. The molecule has 1 heterocycles. The summed E-state index contributed by atoms with van der Waals surface area (Å²) < 4.78 is 16.9. The fourth-order valence-electron chi connectivity index (χ4n) is 5.41. The van der Waals surface area contributed by atoms with Crippen molar-refractivity contribution in [3.63, 3.8) is 0 Å². The lowest BCUT2D eigenvalue weighted by atomic mass is 10.1. The van der Waals surface area contributed by atoms with Gasteiger partial charge in [0.2, 0.25) is 0 Å². The predicted molar refractivity (Wildman–Crippen MR) is 192 cm³/mol. The molecule has 2 rings (SSSR count). The van der Waals surface area contributed by atoms with Crippen LogP contribution in [0.15, 0.2) is 30.3 Å². The van der Waals surface area contributed by atoms with Crippen LogP contribution in [0.1, 0.15) is 67.9 Å². The third-order valence-corrected chi connectivity index (χ3v) is 7.53. The Hall–Kier alpha value is -2.61. The zero-order chi connectivity index (χ0) is 36.7. The monoisotopic (exact) mass is 691 g/mol. The van der Waals surface area contributed by atoms with Crippen LogP contribution in [-0.2, 0) is 35.0 Å². The van der Waals surface area contributed by atoms with E-state index in [0.717, 1.165) is 13.0 Å². The molecule has 1 atom stereocenters. The van der Waals surface area contributed by atoms with Gasteiger partial charge in [-0.1, -0.05) is 30.3 Å². The van der Waals surface area contributed by atoms with Gasteiger partial charge >= 0.3 is 17.9 Å². The normalized spacial score (nSPS) is 17.8. The number of aliphatic hydroxyl groups excluding tert-OH is 1. The molecular weight excluding hydrogens is 626 g/mol. The van der Waals surface area contributed by atoms with E-state index in [1.807, 2.05) is 95.2 Å². The maximum atomic E-state index is 12.9. The molecule has 1 aliphatic heterocycles. The summed E-state index contributed by atoms with van der Waals surface area (Å²) in [6.45, 7) is 22.9. The summed E-state index contributed by atoms with van der Waals surface area (Å²) in [5.41, 5.74) is -0.575. The van der Waals surface area contributed by atoms with E-state index in [2.05, 4.69) is 22.3 Å². The molecule has 49 heavy (non-hydrogen) atoms. The standard InChI is InChI=1S/C37H65N5O7/c1-35(2,3)47-32(44)27-40-19-17-39(26-31(43)25-38-16-15-30-13-11-10-12-14-30)18-20-41(28-33(45)48-36(4,5)6)22-24-42(23-21-40)29-34(46)49-37(7,8)9/h10-14,31,38,43H,15-29H2,1-9H3. The van der Waals surface area contributed by atoms with Crippen LogP contribution in [-0.4, -0.2) is 157 Å². The Balaban J connectivity index is 2.19. The average molecular weight is 692 g/mol. The number of β-amino-alcohol motifs (C(OH)–C–C–N with tert-alkyl or cyclic N) is 1. The number of esters is 3. The third-order valence-electron chi connectivity index (χ3n) is 7.53. The predicted octanol–water partition coefficient (Wildman–Crippen LogP) is 2.43. The summed E-state index contributed by atoms with van der Waals surface area (Å²) in [5, 5.41) is 14.4. The van der Waals surface area contributed by atoms with E-state index in [-0.39, 0.29) is 37.5 Å². The first kappa shape index (κ1) is 42.6. The number of nitrogens with zero attached hydrogens (tertiary/aromatic N) is 4. The van der Waals surface area contributed by atoms with Crippen LogP contribution >= 0.6 is 0 Å². The van der Waals surface area contributed by atoms with Crippen molar-refractivity contribution < 1.29 is 33.7 Å². The number of aliphatic hydroxyl groups is 1. The molecule has 0 aromatic heterocycles. The number of carbonyl (C=O) groups is 3. The molecule has 1 unspecified atom stereocenters. The molecule has 0 radical (unpaired) electrons. The summed E-state index contributed by atoms with van der Waals surface area (Å²) in [7, 11) is 0. The largest absolute Gasteiger partial charge is 0.459 e. The molecule has 1 aromatic carbocycles. The van der Waals surface area contributed by atoms with Crippen molar-refractivity contribution in [2.45, 2.75) is 91.6 Å². The summed E-state index contributed by atoms with van der Waals surface area (Å²) >= 11 is 0. The van der Waals surface area contributed by atoms with E-state index in [0.29, 0.717) is 65.4 Å². The molecule has 1 fully saturated rings. The topological polar surface area (TPSA) is 124 Å². The summed E-state index contributed by atoms with van der Waals surface area (Å²) in [4.78, 5) is 47.0. The second kappa shape index (κ2) is 20.3. The van der Waals surface area contributed by atoms with Crippen molar-refractivity contribution in [2.24, 2.45) is 0 Å². The Labute approximate surface area is 295 Å². The van der Waals surface area contributed by atoms with Crippen LogP contribution in [0.4, 0.5) is 0 Å². The van der Waals surface area contributed by atoms with Crippen molar-refractivity contribution in [3.8, 4) is 0 Å². The van der Waals surface area contributed by atoms with E-state index in [4.69, 9.17) is 14.2 Å². The molecule has 0 aliphatic carbocycles. The highest BCUT2D eigenvalue weighted by Gasteiger charge is 2.26. The lowest BCUT2D eigenvalue weighted by Crippen LogP contribution is -2.50. The van der Waals surface area contributed by atoms with Gasteiger partial charge in [0.1, 0.15) is 16.8 Å². The van der Waals surface area contributed by atoms with E-state index in [1.54, 1.807) is 0 Å². The molecular formula is C37H65N5O7. The van der Waals surface area contributed by atoms with Crippen LogP contribution in [0, 0.1) is 0 Å². The van der Waals surface area contributed by atoms with E-state index in [9.17, 15) is 19.5 Å². The highest BCUT2D eigenvalue weighted by atomic mass is 16.6. The fourth-order valence-corrected chi connectivity index (χ4v) is 5.41. The molecule has 2 N–H and O–H groups in total. The Bertz CT molecular complexity index is 1080. The Kier molecular flexibility index (Phi) is 17.6. The molecule has 1 saturated heterocycles. The second-order valence-electron chi connectivity index (χ2n) is 16.0. The van der Waals surface area contributed by atoms with Crippen LogP contribution in [0.2, 0.25) is 0 Å². The zero-order valence-corrected chi connectivity index (χ0v) is 31.8. The Morgan fingerprint density at radius 3 is 1.33 bits per heavy atom. The first-order valence-electron chi connectivity index (χ1n) is 17.7. The molecule has 1 aliphatic rings. The van der Waals surface area contributed by atoms with Gasteiger partial charge in [-0.2, -0.15) is 0 Å². The highest BCUT2D eigenvalue weighted by molar-refractivity contribution is 5.73. The van der Waals surface area contributed by atoms with Gasteiger partial charge < -0.3 is 24.6 Å². The molecule has 1 aromatic rings. The number of hydrogen-bond acceptors (Lipinski definition) is 12. The van der Waals surface area contributed by atoms with Crippen LogP contribution in [0.3, 0.4) is 0 Å². The number of nitrogens with one attached hydrogen (secondary N) is 1. The second-order valence-corrected chi connectivity index (χ2v) is 16.0. The van der Waals surface area contributed by atoms with Gasteiger partial charge in [0.05, 0.1) is 25.7 Å². The highest BCUT2D eigenvalue weighted by Crippen LogP contribution is 2.11. The molecule has 12 nitrogen and oxygen atoms in total. The van der Waals surface area contributed by atoms with E-state index >= 15 is 0 Å². The molecule has 0 amide bonds. The molecule has 0 spiro atoms. The maximum absolute atomic E-state index is 12.9. The van der Waals surface area contributed by atoms with Crippen LogP contribution in [0.25, 0.3) is 0 Å². The lowest BCUT2D eigenvalue weighted by molar-refractivity contribution is -0.158. The third kappa shape index (κ3) is 21.3. The van der Waals surface area contributed by atoms with Crippen molar-refractivity contribution in [3.05, 3.63) is 35.9 Å². The molecule has 0 saturated carbocycles. The zero-order valence-electron chi connectivity index (χ0n) is 31.8.